The second-order valence-electron chi connectivity index (χ2n) is 7.31. The zero-order valence-corrected chi connectivity index (χ0v) is 17.5. The zero-order chi connectivity index (χ0) is 18.0. The maximum Gasteiger partial charge on any atom is 0.227 e. The predicted molar refractivity (Wildman–Crippen MR) is 111 cm³/mol. The smallest absolute Gasteiger partial charge is 0.227 e. The Morgan fingerprint density at radius 3 is 2.46 bits per heavy atom. The van der Waals surface area contributed by atoms with Crippen LogP contribution in [0.5, 0.6) is 0 Å². The predicted octanol–water partition coefficient (Wildman–Crippen LogP) is 4.41. The van der Waals surface area contributed by atoms with Crippen molar-refractivity contribution in [2.75, 3.05) is 25.9 Å². The molecule has 1 saturated carbocycles. The molecule has 3 rings (SSSR count). The molecule has 1 heterocycles. The van der Waals surface area contributed by atoms with Gasteiger partial charge in [0.05, 0.1) is 16.5 Å². The van der Waals surface area contributed by atoms with Crippen LogP contribution in [-0.4, -0.2) is 47.9 Å². The summed E-state index contributed by atoms with van der Waals surface area (Å²) in [6.07, 6.45) is 7.56. The van der Waals surface area contributed by atoms with Crippen LogP contribution in [0, 0.1) is 0 Å². The van der Waals surface area contributed by atoms with E-state index in [4.69, 9.17) is 28.9 Å². The molecule has 0 bridgehead atoms. The van der Waals surface area contributed by atoms with Crippen LogP contribution in [0.4, 0.5) is 5.69 Å². The molecule has 2 N–H and O–H groups in total. The van der Waals surface area contributed by atoms with Gasteiger partial charge in [-0.3, -0.25) is 9.69 Å². The minimum absolute atomic E-state index is 0. The van der Waals surface area contributed by atoms with Crippen molar-refractivity contribution in [1.29, 1.82) is 0 Å². The fraction of sp³-hybridized carbons (Fsp3) is 0.632. The quantitative estimate of drug-likeness (QED) is 0.734. The first-order valence-electron chi connectivity index (χ1n) is 9.20. The molecule has 4 nitrogen and oxygen atoms in total. The highest BCUT2D eigenvalue weighted by molar-refractivity contribution is 6.42. The molecule has 1 aromatic carbocycles. The van der Waals surface area contributed by atoms with Crippen LogP contribution in [0.1, 0.15) is 44.1 Å². The molecule has 2 atom stereocenters. The lowest BCUT2D eigenvalue weighted by Crippen LogP contribution is -2.53. The van der Waals surface area contributed by atoms with Gasteiger partial charge in [-0.2, -0.15) is 0 Å². The van der Waals surface area contributed by atoms with Crippen LogP contribution in [0.15, 0.2) is 12.1 Å². The van der Waals surface area contributed by atoms with Crippen LogP contribution < -0.4 is 5.73 Å². The minimum atomic E-state index is 0. The maximum atomic E-state index is 12.9. The number of benzene rings is 1. The molecule has 1 unspecified atom stereocenters. The first-order valence-corrected chi connectivity index (χ1v) is 9.96. The number of anilines is 1. The van der Waals surface area contributed by atoms with E-state index >= 15 is 0 Å². The standard InChI is InChI=1S/C19H27Cl2N3O.ClH/c1-23(17-6-2-3-7-18(17)24-8-4-5-9-24)19(25)11-13-10-14(20)15(21)12-16(13)22;/h10,12,17-18H,2-9,11,22H2,1H3;1H/t17?,18-;/m0./s1. The molecule has 1 saturated heterocycles. The fourth-order valence-electron chi connectivity index (χ4n) is 4.27. The molecule has 2 aliphatic rings. The third-order valence-corrected chi connectivity index (χ3v) is 6.44. The molecule has 26 heavy (non-hydrogen) atoms. The van der Waals surface area contributed by atoms with Gasteiger partial charge in [0.2, 0.25) is 5.91 Å². The van der Waals surface area contributed by atoms with Crippen molar-refractivity contribution in [2.45, 2.75) is 57.0 Å². The molecule has 1 aromatic rings. The SMILES string of the molecule is CN(C(=O)Cc1cc(Cl)c(Cl)cc1N)C1CCCC[C@@H]1N1CCCC1.Cl. The lowest BCUT2D eigenvalue weighted by molar-refractivity contribution is -0.133. The molecule has 0 radical (unpaired) electrons. The van der Waals surface area contributed by atoms with E-state index in [1.165, 1.54) is 45.2 Å². The number of carbonyl (C=O) groups excluding carboxylic acids is 1. The van der Waals surface area contributed by atoms with E-state index in [0.29, 0.717) is 27.8 Å². The number of hydrogen-bond acceptors (Lipinski definition) is 3. The molecule has 2 fully saturated rings. The lowest BCUT2D eigenvalue weighted by Gasteiger charge is -2.42. The number of nitrogens with zero attached hydrogens (tertiary/aromatic N) is 2. The Morgan fingerprint density at radius 2 is 1.77 bits per heavy atom. The van der Waals surface area contributed by atoms with Crippen LogP contribution in [0.2, 0.25) is 10.0 Å². The van der Waals surface area contributed by atoms with Crippen molar-refractivity contribution in [2.24, 2.45) is 0 Å². The van der Waals surface area contributed by atoms with Gasteiger partial charge in [0.15, 0.2) is 0 Å². The Bertz CT molecular complexity index is 635. The maximum absolute atomic E-state index is 12.9. The van der Waals surface area contributed by atoms with Gasteiger partial charge < -0.3 is 10.6 Å². The van der Waals surface area contributed by atoms with E-state index < -0.39 is 0 Å². The van der Waals surface area contributed by atoms with Crippen molar-refractivity contribution in [3.05, 3.63) is 27.7 Å². The van der Waals surface area contributed by atoms with E-state index in [0.717, 1.165) is 12.0 Å². The zero-order valence-electron chi connectivity index (χ0n) is 15.2. The van der Waals surface area contributed by atoms with Crippen LogP contribution in [0.3, 0.4) is 0 Å². The Morgan fingerprint density at radius 1 is 1.15 bits per heavy atom. The normalized spacial score (nSPS) is 23.5. The summed E-state index contributed by atoms with van der Waals surface area (Å²) in [7, 11) is 1.94. The van der Waals surface area contributed by atoms with E-state index in [9.17, 15) is 4.79 Å². The molecular weight excluding hydrogens is 393 g/mol. The summed E-state index contributed by atoms with van der Waals surface area (Å²) in [5.74, 6) is 0.0983. The molecule has 146 valence electrons. The van der Waals surface area contributed by atoms with Crippen LogP contribution in [0.25, 0.3) is 0 Å². The lowest BCUT2D eigenvalue weighted by atomic mass is 9.88. The number of carbonyl (C=O) groups is 1. The second kappa shape index (κ2) is 9.50. The van der Waals surface area contributed by atoms with Crippen molar-refractivity contribution < 1.29 is 4.79 Å². The number of likely N-dealkylation sites (N-methyl/N-ethyl adjacent to an activating group) is 1. The first kappa shape index (κ1) is 21.6. The Kier molecular flexibility index (Phi) is 7.90. The van der Waals surface area contributed by atoms with E-state index in [-0.39, 0.29) is 24.7 Å². The summed E-state index contributed by atoms with van der Waals surface area (Å²) in [6, 6.07) is 4.13. The Hall–Kier alpha value is -0.680. The third kappa shape index (κ3) is 4.78. The van der Waals surface area contributed by atoms with Crippen molar-refractivity contribution >= 4 is 47.2 Å². The molecule has 0 aromatic heterocycles. The number of rotatable bonds is 4. The number of halogens is 3. The average molecular weight is 421 g/mol. The van der Waals surface area contributed by atoms with Gasteiger partial charge in [-0.05, 0) is 56.5 Å². The summed E-state index contributed by atoms with van der Waals surface area (Å²) in [5.41, 5.74) is 7.30. The van der Waals surface area contributed by atoms with E-state index in [1.54, 1.807) is 12.1 Å². The largest absolute Gasteiger partial charge is 0.398 e. The van der Waals surface area contributed by atoms with Crippen molar-refractivity contribution in [1.82, 2.24) is 9.80 Å². The number of nitrogens with two attached hydrogens (primary N) is 1. The van der Waals surface area contributed by atoms with Gasteiger partial charge in [-0.1, -0.05) is 36.0 Å². The van der Waals surface area contributed by atoms with Gasteiger partial charge >= 0.3 is 0 Å². The topological polar surface area (TPSA) is 49.6 Å². The molecule has 1 aliphatic carbocycles. The van der Waals surface area contributed by atoms with Crippen LogP contribution >= 0.6 is 35.6 Å². The van der Waals surface area contributed by atoms with Crippen molar-refractivity contribution in [3.63, 3.8) is 0 Å². The van der Waals surface area contributed by atoms with E-state index in [2.05, 4.69) is 4.90 Å². The van der Waals surface area contributed by atoms with Gasteiger partial charge in [0.25, 0.3) is 0 Å². The summed E-state index contributed by atoms with van der Waals surface area (Å²) in [6.45, 7) is 2.34. The van der Waals surface area contributed by atoms with Crippen LogP contribution in [-0.2, 0) is 11.2 Å². The number of nitrogen functional groups attached to an aromatic ring is 1. The number of amides is 1. The number of hydrogen-bond donors (Lipinski definition) is 1. The van der Waals surface area contributed by atoms with Gasteiger partial charge in [-0.25, -0.2) is 0 Å². The van der Waals surface area contributed by atoms with Gasteiger partial charge in [-0.15, -0.1) is 12.4 Å². The Labute approximate surface area is 172 Å². The van der Waals surface area contributed by atoms with E-state index in [1.807, 2.05) is 11.9 Å². The highest BCUT2D eigenvalue weighted by Crippen LogP contribution is 2.31. The highest BCUT2D eigenvalue weighted by atomic mass is 35.5. The molecule has 1 amide bonds. The monoisotopic (exact) mass is 419 g/mol. The van der Waals surface area contributed by atoms with Gasteiger partial charge in [0, 0.05) is 24.8 Å². The number of likely N-dealkylation sites (tertiary alicyclic amines) is 1. The van der Waals surface area contributed by atoms with Gasteiger partial charge in [0.1, 0.15) is 0 Å². The second-order valence-corrected chi connectivity index (χ2v) is 8.12. The molecule has 0 spiro atoms. The van der Waals surface area contributed by atoms with Crippen molar-refractivity contribution in [3.8, 4) is 0 Å². The average Bonchev–Trinajstić information content (AvgIpc) is 3.13. The Balaban J connectivity index is 0.00000243. The third-order valence-electron chi connectivity index (χ3n) is 5.72. The highest BCUT2D eigenvalue weighted by Gasteiger charge is 2.35. The molecular formula is C19H28Cl3N3O. The molecule has 1 aliphatic heterocycles. The molecule has 7 heteroatoms. The summed E-state index contributed by atoms with van der Waals surface area (Å²) in [5, 5.41) is 0.860. The summed E-state index contributed by atoms with van der Waals surface area (Å²) >= 11 is 12.1. The first-order chi connectivity index (χ1) is 12.0. The summed E-state index contributed by atoms with van der Waals surface area (Å²) < 4.78 is 0. The minimum Gasteiger partial charge on any atom is -0.398 e. The summed E-state index contributed by atoms with van der Waals surface area (Å²) in [4.78, 5) is 17.4. The fourth-order valence-corrected chi connectivity index (χ4v) is 4.63.